The zero-order valence-electron chi connectivity index (χ0n) is 11.3. The highest BCUT2D eigenvalue weighted by Crippen LogP contribution is 2.17. The molecule has 2 fully saturated rings. The Bertz CT molecular complexity index is 206. The molecule has 1 atom stereocenters. The maximum Gasteiger partial charge on any atom is 0.0192 e. The number of hydrogen-bond donors (Lipinski definition) is 2. The molecular formula is C14H29N3. The van der Waals surface area contributed by atoms with E-state index in [1.165, 1.54) is 58.0 Å². The van der Waals surface area contributed by atoms with E-state index in [1.807, 2.05) is 0 Å². The molecule has 1 saturated carbocycles. The summed E-state index contributed by atoms with van der Waals surface area (Å²) >= 11 is 0. The van der Waals surface area contributed by atoms with Gasteiger partial charge in [-0.15, -0.1) is 0 Å². The largest absolute Gasteiger partial charge is 0.328 e. The molecule has 1 aliphatic heterocycles. The SMILES string of the molecule is CC(CNC1CCC(N)CC1)N1CCCCC1. The number of rotatable bonds is 4. The maximum atomic E-state index is 5.93. The standard InChI is InChI=1S/C14H29N3/c1-12(17-9-3-2-4-10-17)11-16-14-7-5-13(15)6-8-14/h12-14,16H,2-11,15H2,1H3. The zero-order chi connectivity index (χ0) is 12.1. The Hall–Kier alpha value is -0.120. The minimum absolute atomic E-state index is 0.465. The third-order valence-electron chi connectivity index (χ3n) is 4.49. The molecule has 2 aliphatic rings. The molecule has 3 N–H and O–H groups in total. The molecule has 1 aliphatic carbocycles. The van der Waals surface area contributed by atoms with Gasteiger partial charge in [0, 0.05) is 24.7 Å². The van der Waals surface area contributed by atoms with Crippen molar-refractivity contribution in [1.82, 2.24) is 10.2 Å². The van der Waals surface area contributed by atoms with Gasteiger partial charge in [0.1, 0.15) is 0 Å². The van der Waals surface area contributed by atoms with Gasteiger partial charge in [-0.3, -0.25) is 4.90 Å². The number of nitrogens with two attached hydrogens (primary N) is 1. The first-order valence-corrected chi connectivity index (χ1v) is 7.48. The lowest BCUT2D eigenvalue weighted by Crippen LogP contribution is -2.46. The van der Waals surface area contributed by atoms with Crippen molar-refractivity contribution >= 4 is 0 Å². The van der Waals surface area contributed by atoms with Crippen molar-refractivity contribution in [3.63, 3.8) is 0 Å². The summed E-state index contributed by atoms with van der Waals surface area (Å²) in [7, 11) is 0. The van der Waals surface area contributed by atoms with Gasteiger partial charge in [-0.25, -0.2) is 0 Å². The first-order valence-electron chi connectivity index (χ1n) is 7.48. The van der Waals surface area contributed by atoms with E-state index < -0.39 is 0 Å². The van der Waals surface area contributed by atoms with Crippen LogP contribution in [0.4, 0.5) is 0 Å². The topological polar surface area (TPSA) is 41.3 Å². The van der Waals surface area contributed by atoms with Crippen molar-refractivity contribution in [2.45, 2.75) is 70.0 Å². The molecule has 1 unspecified atom stereocenters. The molecule has 0 aromatic rings. The summed E-state index contributed by atoms with van der Waals surface area (Å²) in [5.41, 5.74) is 5.93. The smallest absolute Gasteiger partial charge is 0.0192 e. The van der Waals surface area contributed by atoms with Gasteiger partial charge in [0.2, 0.25) is 0 Å². The second-order valence-electron chi connectivity index (χ2n) is 5.97. The lowest BCUT2D eigenvalue weighted by atomic mass is 9.92. The summed E-state index contributed by atoms with van der Waals surface area (Å²) in [6, 6.07) is 1.89. The van der Waals surface area contributed by atoms with E-state index in [9.17, 15) is 0 Å². The summed E-state index contributed by atoms with van der Waals surface area (Å²) in [5.74, 6) is 0. The molecule has 100 valence electrons. The van der Waals surface area contributed by atoms with Crippen LogP contribution in [0.15, 0.2) is 0 Å². The van der Waals surface area contributed by atoms with Crippen LogP contribution >= 0.6 is 0 Å². The van der Waals surface area contributed by atoms with Gasteiger partial charge in [-0.2, -0.15) is 0 Å². The van der Waals surface area contributed by atoms with Crippen molar-refractivity contribution in [2.75, 3.05) is 19.6 Å². The van der Waals surface area contributed by atoms with Crippen LogP contribution in [0.5, 0.6) is 0 Å². The Balaban J connectivity index is 1.63. The van der Waals surface area contributed by atoms with E-state index >= 15 is 0 Å². The average Bonchev–Trinajstić information content (AvgIpc) is 2.39. The highest BCUT2D eigenvalue weighted by molar-refractivity contribution is 4.81. The van der Waals surface area contributed by atoms with Crippen molar-refractivity contribution in [1.29, 1.82) is 0 Å². The molecule has 0 aromatic carbocycles. The van der Waals surface area contributed by atoms with E-state index in [1.54, 1.807) is 0 Å². The van der Waals surface area contributed by atoms with Crippen molar-refractivity contribution in [3.8, 4) is 0 Å². The second kappa shape index (κ2) is 6.72. The van der Waals surface area contributed by atoms with Gasteiger partial charge in [-0.05, 0) is 58.5 Å². The third kappa shape index (κ3) is 4.23. The van der Waals surface area contributed by atoms with Crippen molar-refractivity contribution in [2.24, 2.45) is 5.73 Å². The lowest BCUT2D eigenvalue weighted by molar-refractivity contribution is 0.165. The van der Waals surface area contributed by atoms with Gasteiger partial charge in [-0.1, -0.05) is 6.42 Å². The van der Waals surface area contributed by atoms with Crippen LogP contribution in [0.25, 0.3) is 0 Å². The summed E-state index contributed by atoms with van der Waals surface area (Å²) < 4.78 is 0. The van der Waals surface area contributed by atoms with Gasteiger partial charge in [0.25, 0.3) is 0 Å². The van der Waals surface area contributed by atoms with E-state index in [-0.39, 0.29) is 0 Å². The van der Waals surface area contributed by atoms with Gasteiger partial charge >= 0.3 is 0 Å². The molecule has 0 spiro atoms. The van der Waals surface area contributed by atoms with Crippen molar-refractivity contribution in [3.05, 3.63) is 0 Å². The Morgan fingerprint density at radius 3 is 2.41 bits per heavy atom. The minimum atomic E-state index is 0.465. The molecule has 0 amide bonds. The Kier molecular flexibility index (Phi) is 5.26. The van der Waals surface area contributed by atoms with Crippen molar-refractivity contribution < 1.29 is 0 Å². The average molecular weight is 239 g/mol. The minimum Gasteiger partial charge on any atom is -0.328 e. The lowest BCUT2D eigenvalue weighted by Gasteiger charge is -2.34. The van der Waals surface area contributed by atoms with Crippen LogP contribution in [0.3, 0.4) is 0 Å². The molecule has 3 heteroatoms. The number of nitrogens with zero attached hydrogens (tertiary/aromatic N) is 1. The summed E-state index contributed by atoms with van der Waals surface area (Å²) in [4.78, 5) is 2.64. The molecule has 1 heterocycles. The summed E-state index contributed by atoms with van der Waals surface area (Å²) in [6.07, 6.45) is 9.16. The predicted molar refractivity (Wildman–Crippen MR) is 73.1 cm³/mol. The third-order valence-corrected chi connectivity index (χ3v) is 4.49. The normalized spacial score (nSPS) is 33.5. The Morgan fingerprint density at radius 1 is 1.12 bits per heavy atom. The van der Waals surface area contributed by atoms with Gasteiger partial charge in [0.05, 0.1) is 0 Å². The number of piperidine rings is 1. The first-order chi connectivity index (χ1) is 8.25. The van der Waals surface area contributed by atoms with Gasteiger partial charge < -0.3 is 11.1 Å². The van der Waals surface area contributed by atoms with Crippen LogP contribution in [0.2, 0.25) is 0 Å². The summed E-state index contributed by atoms with van der Waals surface area (Å²) in [5, 5.41) is 3.74. The van der Waals surface area contributed by atoms with Crippen LogP contribution in [-0.2, 0) is 0 Å². The molecular weight excluding hydrogens is 210 g/mol. The molecule has 2 rings (SSSR count). The van der Waals surface area contributed by atoms with E-state index in [2.05, 4.69) is 17.1 Å². The fraction of sp³-hybridized carbons (Fsp3) is 1.00. The molecule has 0 aromatic heterocycles. The Labute approximate surface area is 106 Å². The van der Waals surface area contributed by atoms with Crippen LogP contribution < -0.4 is 11.1 Å². The van der Waals surface area contributed by atoms with Crippen LogP contribution in [-0.4, -0.2) is 42.7 Å². The van der Waals surface area contributed by atoms with E-state index in [0.717, 1.165) is 12.6 Å². The number of likely N-dealkylation sites (tertiary alicyclic amines) is 1. The fourth-order valence-electron chi connectivity index (χ4n) is 3.15. The number of nitrogens with one attached hydrogen (secondary N) is 1. The molecule has 3 nitrogen and oxygen atoms in total. The molecule has 0 radical (unpaired) electrons. The molecule has 0 bridgehead atoms. The number of hydrogen-bond acceptors (Lipinski definition) is 3. The van der Waals surface area contributed by atoms with Gasteiger partial charge in [0.15, 0.2) is 0 Å². The highest BCUT2D eigenvalue weighted by atomic mass is 15.2. The molecule has 1 saturated heterocycles. The second-order valence-corrected chi connectivity index (χ2v) is 5.97. The monoisotopic (exact) mass is 239 g/mol. The Morgan fingerprint density at radius 2 is 1.76 bits per heavy atom. The summed E-state index contributed by atoms with van der Waals surface area (Å²) in [6.45, 7) is 6.13. The van der Waals surface area contributed by atoms with E-state index in [4.69, 9.17) is 5.73 Å². The molecule has 17 heavy (non-hydrogen) atoms. The fourth-order valence-corrected chi connectivity index (χ4v) is 3.15. The predicted octanol–water partition coefficient (Wildman–Crippen LogP) is 1.72. The van der Waals surface area contributed by atoms with Crippen LogP contribution in [0.1, 0.15) is 51.9 Å². The zero-order valence-corrected chi connectivity index (χ0v) is 11.3. The quantitative estimate of drug-likeness (QED) is 0.785. The first kappa shape index (κ1) is 13.3. The van der Waals surface area contributed by atoms with E-state index in [0.29, 0.717) is 12.1 Å². The highest BCUT2D eigenvalue weighted by Gasteiger charge is 2.20. The maximum absolute atomic E-state index is 5.93. The van der Waals surface area contributed by atoms with Crippen LogP contribution in [0, 0.1) is 0 Å².